The van der Waals surface area contributed by atoms with Crippen molar-refractivity contribution in [3.05, 3.63) is 23.8 Å². The SMILES string of the molecule is CCCC(C(=O)NCc1ccc2c(c1)OCO2)C(N)=S. The van der Waals surface area contributed by atoms with Gasteiger partial charge in [-0.25, -0.2) is 0 Å². The molecule has 1 amide bonds. The molecule has 1 aliphatic rings. The Balaban J connectivity index is 1.94. The molecule has 0 saturated heterocycles. The van der Waals surface area contributed by atoms with Gasteiger partial charge in [0.15, 0.2) is 11.5 Å². The highest BCUT2D eigenvalue weighted by Crippen LogP contribution is 2.32. The lowest BCUT2D eigenvalue weighted by Gasteiger charge is -2.14. The molecule has 20 heavy (non-hydrogen) atoms. The van der Waals surface area contributed by atoms with Gasteiger partial charge in [0.2, 0.25) is 12.7 Å². The summed E-state index contributed by atoms with van der Waals surface area (Å²) in [6.45, 7) is 2.65. The molecule has 2 rings (SSSR count). The van der Waals surface area contributed by atoms with Gasteiger partial charge in [-0.15, -0.1) is 0 Å². The van der Waals surface area contributed by atoms with Gasteiger partial charge in [-0.05, 0) is 24.1 Å². The molecule has 0 fully saturated rings. The Morgan fingerprint density at radius 1 is 1.45 bits per heavy atom. The maximum Gasteiger partial charge on any atom is 0.231 e. The van der Waals surface area contributed by atoms with E-state index in [9.17, 15) is 4.79 Å². The van der Waals surface area contributed by atoms with E-state index in [1.165, 1.54) is 0 Å². The molecule has 0 saturated carbocycles. The van der Waals surface area contributed by atoms with Crippen molar-refractivity contribution in [1.29, 1.82) is 0 Å². The van der Waals surface area contributed by atoms with Crippen molar-refractivity contribution in [2.45, 2.75) is 26.3 Å². The summed E-state index contributed by atoms with van der Waals surface area (Å²) in [6, 6.07) is 5.59. The van der Waals surface area contributed by atoms with Gasteiger partial charge < -0.3 is 20.5 Å². The maximum atomic E-state index is 12.0. The number of nitrogens with one attached hydrogen (secondary N) is 1. The predicted octanol–water partition coefficient (Wildman–Crippen LogP) is 1.73. The molecule has 1 unspecified atom stereocenters. The summed E-state index contributed by atoms with van der Waals surface area (Å²) in [5.41, 5.74) is 6.55. The van der Waals surface area contributed by atoms with E-state index >= 15 is 0 Å². The standard InChI is InChI=1S/C14H18N2O3S/c1-2-3-10(13(15)20)14(17)16-7-9-4-5-11-12(6-9)19-8-18-11/h4-6,10H,2-3,7-8H2,1H3,(H2,15,20)(H,16,17). The van der Waals surface area contributed by atoms with Gasteiger partial charge in [-0.1, -0.05) is 31.6 Å². The topological polar surface area (TPSA) is 73.6 Å². The fraction of sp³-hybridized carbons (Fsp3) is 0.429. The summed E-state index contributed by atoms with van der Waals surface area (Å²) >= 11 is 4.93. The van der Waals surface area contributed by atoms with Gasteiger partial charge in [-0.2, -0.15) is 0 Å². The molecule has 0 aromatic heterocycles. The minimum atomic E-state index is -0.399. The molecule has 0 spiro atoms. The fourth-order valence-corrected chi connectivity index (χ4v) is 2.28. The lowest BCUT2D eigenvalue weighted by Crippen LogP contribution is -2.37. The molecule has 1 atom stereocenters. The summed E-state index contributed by atoms with van der Waals surface area (Å²) in [5.74, 6) is 0.907. The van der Waals surface area contributed by atoms with Gasteiger partial charge in [0.05, 0.1) is 10.9 Å². The van der Waals surface area contributed by atoms with Crippen LogP contribution < -0.4 is 20.5 Å². The van der Waals surface area contributed by atoms with Crippen LogP contribution in [0.2, 0.25) is 0 Å². The van der Waals surface area contributed by atoms with Crippen LogP contribution in [0, 0.1) is 5.92 Å². The zero-order valence-corrected chi connectivity index (χ0v) is 12.2. The van der Waals surface area contributed by atoms with E-state index in [0.29, 0.717) is 18.7 Å². The number of rotatable bonds is 6. The number of benzene rings is 1. The molecule has 3 N–H and O–H groups in total. The lowest BCUT2D eigenvalue weighted by atomic mass is 10.0. The molecule has 108 valence electrons. The number of amides is 1. The number of carbonyl (C=O) groups is 1. The Morgan fingerprint density at radius 3 is 2.90 bits per heavy atom. The van der Waals surface area contributed by atoms with Crippen molar-refractivity contribution < 1.29 is 14.3 Å². The molecular weight excluding hydrogens is 276 g/mol. The van der Waals surface area contributed by atoms with Crippen LogP contribution >= 0.6 is 12.2 Å². The van der Waals surface area contributed by atoms with E-state index in [4.69, 9.17) is 27.4 Å². The molecule has 1 heterocycles. The maximum absolute atomic E-state index is 12.0. The third kappa shape index (κ3) is 3.39. The van der Waals surface area contributed by atoms with Crippen LogP contribution in [0.3, 0.4) is 0 Å². The van der Waals surface area contributed by atoms with E-state index in [-0.39, 0.29) is 17.7 Å². The Labute approximate surface area is 123 Å². The van der Waals surface area contributed by atoms with Gasteiger partial charge in [0, 0.05) is 6.54 Å². The molecule has 1 aromatic rings. The van der Waals surface area contributed by atoms with E-state index in [2.05, 4.69) is 5.32 Å². The first-order valence-electron chi connectivity index (χ1n) is 6.57. The molecule has 5 nitrogen and oxygen atoms in total. The van der Waals surface area contributed by atoms with E-state index in [1.54, 1.807) is 0 Å². The number of fused-ring (bicyclic) bond motifs is 1. The zero-order valence-electron chi connectivity index (χ0n) is 11.3. The summed E-state index contributed by atoms with van der Waals surface area (Å²) in [5, 5.41) is 2.85. The smallest absolute Gasteiger partial charge is 0.231 e. The first-order valence-corrected chi connectivity index (χ1v) is 6.98. The Kier molecular flexibility index (Phi) is 4.79. The van der Waals surface area contributed by atoms with Crippen molar-refractivity contribution in [3.8, 4) is 11.5 Å². The van der Waals surface area contributed by atoms with Gasteiger partial charge in [0.1, 0.15) is 0 Å². The highest BCUT2D eigenvalue weighted by atomic mass is 32.1. The molecule has 0 aliphatic carbocycles. The second-order valence-corrected chi connectivity index (χ2v) is 5.12. The van der Waals surface area contributed by atoms with Crippen LogP contribution in [-0.2, 0) is 11.3 Å². The van der Waals surface area contributed by atoms with Crippen LogP contribution in [0.1, 0.15) is 25.3 Å². The summed E-state index contributed by atoms with van der Waals surface area (Å²) in [4.78, 5) is 12.3. The second kappa shape index (κ2) is 6.56. The first kappa shape index (κ1) is 14.6. The van der Waals surface area contributed by atoms with Crippen molar-refractivity contribution in [1.82, 2.24) is 5.32 Å². The summed E-state index contributed by atoms with van der Waals surface area (Å²) in [7, 11) is 0. The van der Waals surface area contributed by atoms with E-state index in [1.807, 2.05) is 25.1 Å². The second-order valence-electron chi connectivity index (χ2n) is 4.65. The number of hydrogen-bond donors (Lipinski definition) is 2. The molecule has 0 radical (unpaired) electrons. The average Bonchev–Trinajstić information content (AvgIpc) is 2.89. The highest BCUT2D eigenvalue weighted by Gasteiger charge is 2.20. The summed E-state index contributed by atoms with van der Waals surface area (Å²) in [6.07, 6.45) is 1.53. The number of ether oxygens (including phenoxy) is 2. The van der Waals surface area contributed by atoms with Crippen LogP contribution in [-0.4, -0.2) is 17.7 Å². The Morgan fingerprint density at radius 2 is 2.20 bits per heavy atom. The van der Waals surface area contributed by atoms with Crippen LogP contribution in [0.4, 0.5) is 0 Å². The predicted molar refractivity (Wildman–Crippen MR) is 79.6 cm³/mol. The summed E-state index contributed by atoms with van der Waals surface area (Å²) < 4.78 is 10.5. The molecule has 6 heteroatoms. The molecule has 1 aromatic carbocycles. The lowest BCUT2D eigenvalue weighted by molar-refractivity contribution is -0.123. The van der Waals surface area contributed by atoms with Crippen molar-refractivity contribution in [2.24, 2.45) is 11.7 Å². The molecule has 0 bridgehead atoms. The van der Waals surface area contributed by atoms with Crippen molar-refractivity contribution in [3.63, 3.8) is 0 Å². The number of carbonyl (C=O) groups excluding carboxylic acids is 1. The third-order valence-corrected chi connectivity index (χ3v) is 3.43. The Hall–Kier alpha value is -1.82. The fourth-order valence-electron chi connectivity index (χ4n) is 2.05. The average molecular weight is 294 g/mol. The van der Waals surface area contributed by atoms with Gasteiger partial charge >= 0.3 is 0 Å². The third-order valence-electron chi connectivity index (χ3n) is 3.14. The van der Waals surface area contributed by atoms with Crippen LogP contribution in [0.5, 0.6) is 11.5 Å². The highest BCUT2D eigenvalue weighted by molar-refractivity contribution is 7.80. The molecule has 1 aliphatic heterocycles. The molecular formula is C14H18N2O3S. The largest absolute Gasteiger partial charge is 0.454 e. The van der Waals surface area contributed by atoms with Crippen LogP contribution in [0.15, 0.2) is 18.2 Å². The number of hydrogen-bond acceptors (Lipinski definition) is 4. The van der Waals surface area contributed by atoms with E-state index in [0.717, 1.165) is 17.7 Å². The normalized spacial score (nSPS) is 13.8. The minimum Gasteiger partial charge on any atom is -0.454 e. The number of thiocarbonyl (C=S) groups is 1. The van der Waals surface area contributed by atoms with Gasteiger partial charge in [-0.3, -0.25) is 4.79 Å². The zero-order chi connectivity index (χ0) is 14.5. The first-order chi connectivity index (χ1) is 9.61. The van der Waals surface area contributed by atoms with E-state index < -0.39 is 5.92 Å². The monoisotopic (exact) mass is 294 g/mol. The van der Waals surface area contributed by atoms with Crippen LogP contribution in [0.25, 0.3) is 0 Å². The van der Waals surface area contributed by atoms with Crippen molar-refractivity contribution in [2.75, 3.05) is 6.79 Å². The quantitative estimate of drug-likeness (QED) is 0.782. The van der Waals surface area contributed by atoms with Crippen molar-refractivity contribution >= 4 is 23.1 Å². The Bertz CT molecular complexity index is 519. The van der Waals surface area contributed by atoms with Gasteiger partial charge in [0.25, 0.3) is 0 Å². The minimum absolute atomic E-state index is 0.128. The number of nitrogens with two attached hydrogens (primary N) is 1.